The minimum Gasteiger partial charge on any atom is -0.218 e. The van der Waals surface area contributed by atoms with Crippen LogP contribution in [0.1, 0.15) is 37.1 Å². The van der Waals surface area contributed by atoms with E-state index in [9.17, 15) is 16.8 Å². The molecule has 7 aromatic rings. The van der Waals surface area contributed by atoms with Crippen molar-refractivity contribution in [3.63, 3.8) is 0 Å². The third-order valence-electron chi connectivity index (χ3n) is 8.99. The van der Waals surface area contributed by atoms with Gasteiger partial charge in [-0.2, -0.15) is 0 Å². The quantitative estimate of drug-likeness (QED) is 0.166. The number of aromatic nitrogens is 2. The van der Waals surface area contributed by atoms with Crippen molar-refractivity contribution in [2.45, 2.75) is 25.9 Å². The van der Waals surface area contributed by atoms with Gasteiger partial charge in [-0.05, 0) is 58.7 Å². The summed E-state index contributed by atoms with van der Waals surface area (Å²) in [5.41, 5.74) is 2.76. The second kappa shape index (κ2) is 12.2. The summed E-state index contributed by atoms with van der Waals surface area (Å²) < 4.78 is 62.7. The summed E-state index contributed by atoms with van der Waals surface area (Å²) in [6, 6.07) is 42.1. The van der Waals surface area contributed by atoms with Crippen molar-refractivity contribution in [3.8, 4) is 0 Å². The van der Waals surface area contributed by atoms with Crippen LogP contribution in [-0.2, 0) is 20.0 Å². The zero-order chi connectivity index (χ0) is 33.8. The van der Waals surface area contributed by atoms with Gasteiger partial charge in [-0.3, -0.25) is 0 Å². The fraction of sp³-hybridized carbons (Fsp3) is 0.158. The van der Waals surface area contributed by atoms with Crippen molar-refractivity contribution in [2.24, 2.45) is 0 Å². The number of benzene rings is 6. The number of hydrogen-bond acceptors (Lipinski definition) is 5. The summed E-state index contributed by atoms with van der Waals surface area (Å²) in [5, 5.41) is 4.89. The molecule has 0 radical (unpaired) electrons. The van der Waals surface area contributed by atoms with Crippen LogP contribution >= 0.6 is 8.00 Å². The highest BCUT2D eigenvalue weighted by Gasteiger charge is 2.34. The topological polar surface area (TPSA) is 81.4 Å². The van der Waals surface area contributed by atoms with Gasteiger partial charge in [0.05, 0.1) is 23.5 Å². The summed E-state index contributed by atoms with van der Waals surface area (Å²) in [7, 11) is -10.6. The van der Waals surface area contributed by atoms with Crippen LogP contribution in [0.25, 0.3) is 43.4 Å². The third-order valence-corrected chi connectivity index (χ3v) is 15.5. The highest BCUT2D eigenvalue weighted by atomic mass is 32.2. The Morgan fingerprint density at radius 2 is 0.854 bits per heavy atom. The molecule has 6 aromatic carbocycles. The van der Waals surface area contributed by atoms with Gasteiger partial charge in [-0.25, -0.2) is 29.0 Å². The molecule has 0 aliphatic carbocycles. The molecule has 0 amide bonds. The average molecular weight is 694 g/mol. The van der Waals surface area contributed by atoms with Crippen LogP contribution in [0.2, 0.25) is 0 Å². The summed E-state index contributed by atoms with van der Waals surface area (Å²) in [4.78, 5) is 0. The second-order valence-corrected chi connectivity index (χ2v) is 18.2. The first-order valence-corrected chi connectivity index (χ1v) is 20.6. The lowest BCUT2D eigenvalue weighted by atomic mass is 9.98. The van der Waals surface area contributed by atoms with Crippen molar-refractivity contribution in [1.82, 2.24) is 7.47 Å². The Kier molecular flexibility index (Phi) is 8.20. The summed E-state index contributed by atoms with van der Waals surface area (Å²) in [5.74, 6) is 0. The average Bonchev–Trinajstić information content (AvgIpc) is 3.22. The van der Waals surface area contributed by atoms with Crippen LogP contribution in [0.4, 0.5) is 0 Å². The van der Waals surface area contributed by atoms with Gasteiger partial charge in [0.25, 0.3) is 0 Å². The number of hydrogen-bond donors (Lipinski definition) is 0. The molecule has 1 heterocycles. The highest BCUT2D eigenvalue weighted by Crippen LogP contribution is 2.49. The molecule has 0 N–H and O–H groups in total. The standard InChI is InChI=1S/C38H36N3O4PS2/c1-27(29-15-7-5-8-16-29)39(28(2)30-17-9-6-10-18-30)46-40(47(3,42)43)35-25-23-31-19-11-13-21-33(31)37(35)38-34-22-14-12-20-32(34)24-26-36(38)41(46)48(4,44)45/h5-28H,1-4H3/t27-,28-/m1/s1. The molecule has 1 aromatic heterocycles. The van der Waals surface area contributed by atoms with Gasteiger partial charge in [-0.1, -0.05) is 121 Å². The van der Waals surface area contributed by atoms with E-state index in [4.69, 9.17) is 0 Å². The molecule has 0 unspecified atom stereocenters. The molecule has 0 saturated carbocycles. The second-order valence-electron chi connectivity index (χ2n) is 12.2. The van der Waals surface area contributed by atoms with E-state index in [1.165, 1.54) is 20.0 Å². The van der Waals surface area contributed by atoms with Crippen LogP contribution in [-0.4, -0.2) is 36.8 Å². The van der Waals surface area contributed by atoms with Gasteiger partial charge < -0.3 is 0 Å². The van der Waals surface area contributed by atoms with E-state index in [-0.39, 0.29) is 0 Å². The normalized spacial score (nSPS) is 13.8. The number of rotatable bonds is 7. The van der Waals surface area contributed by atoms with Crippen LogP contribution in [0, 0.1) is 0 Å². The molecular formula is C38H36N3O4PS2. The molecule has 244 valence electrons. The van der Waals surface area contributed by atoms with Gasteiger partial charge >= 0.3 is 0 Å². The maximum Gasteiger partial charge on any atom is 0.241 e. The number of fused-ring (bicyclic) bond motifs is 7. The van der Waals surface area contributed by atoms with E-state index in [1.54, 1.807) is 0 Å². The first-order valence-electron chi connectivity index (χ1n) is 15.7. The van der Waals surface area contributed by atoms with Gasteiger partial charge in [0.15, 0.2) is 0 Å². The van der Waals surface area contributed by atoms with Gasteiger partial charge in [0.2, 0.25) is 20.0 Å². The van der Waals surface area contributed by atoms with Crippen molar-refractivity contribution >= 4 is 71.4 Å². The zero-order valence-electron chi connectivity index (χ0n) is 27.1. The predicted molar refractivity (Wildman–Crippen MR) is 201 cm³/mol. The molecule has 0 aliphatic heterocycles. The molecule has 0 bridgehead atoms. The Hall–Kier alpha value is -4.40. The lowest BCUT2D eigenvalue weighted by Crippen LogP contribution is -2.33. The summed E-state index contributed by atoms with van der Waals surface area (Å²) in [6.07, 6.45) is 2.35. The molecule has 0 saturated heterocycles. The summed E-state index contributed by atoms with van der Waals surface area (Å²) in [6.45, 7) is 4.04. The van der Waals surface area contributed by atoms with Gasteiger partial charge in [0.1, 0.15) is 8.00 Å². The zero-order valence-corrected chi connectivity index (χ0v) is 29.6. The molecular weight excluding hydrogens is 658 g/mol. The molecule has 0 aliphatic rings. The van der Waals surface area contributed by atoms with Gasteiger partial charge in [0, 0.05) is 22.9 Å². The fourth-order valence-electron chi connectivity index (χ4n) is 6.85. The SMILES string of the molecule is C[C@H](c1ccccc1)N([C@H](C)c1ccccc1)p1n(S(C)(=O)=O)c2ccc3ccccc3c2c2c3ccccc3ccc2n1S(C)(=O)=O. The van der Waals surface area contributed by atoms with Crippen LogP contribution in [0.5, 0.6) is 0 Å². The summed E-state index contributed by atoms with van der Waals surface area (Å²) >= 11 is 0. The Morgan fingerprint density at radius 3 is 1.23 bits per heavy atom. The molecule has 0 fully saturated rings. The van der Waals surface area contributed by atoms with Crippen molar-refractivity contribution in [3.05, 3.63) is 145 Å². The molecule has 0 spiro atoms. The third kappa shape index (κ3) is 5.51. The van der Waals surface area contributed by atoms with Crippen LogP contribution < -0.4 is 4.67 Å². The van der Waals surface area contributed by atoms with E-state index in [1.807, 2.05) is 147 Å². The van der Waals surface area contributed by atoms with Crippen molar-refractivity contribution in [2.75, 3.05) is 17.2 Å². The first kappa shape index (κ1) is 32.2. The number of nitrogens with zero attached hydrogens (tertiary/aromatic N) is 3. The lowest BCUT2D eigenvalue weighted by Gasteiger charge is -2.37. The largest absolute Gasteiger partial charge is 0.241 e. The van der Waals surface area contributed by atoms with E-state index >= 15 is 0 Å². The Bertz CT molecular complexity index is 2430. The molecule has 10 heteroatoms. The van der Waals surface area contributed by atoms with E-state index in [0.717, 1.165) is 32.7 Å². The molecule has 48 heavy (non-hydrogen) atoms. The predicted octanol–water partition coefficient (Wildman–Crippen LogP) is 9.09. The maximum absolute atomic E-state index is 14.5. The molecule has 2 atom stereocenters. The van der Waals surface area contributed by atoms with Crippen molar-refractivity contribution < 1.29 is 16.8 Å². The maximum atomic E-state index is 14.5. The molecule has 7 nitrogen and oxygen atoms in total. The Balaban J connectivity index is 1.84. The van der Waals surface area contributed by atoms with Crippen LogP contribution in [0.3, 0.4) is 0 Å². The Morgan fingerprint density at radius 1 is 0.500 bits per heavy atom. The smallest absolute Gasteiger partial charge is 0.218 e. The highest BCUT2D eigenvalue weighted by molar-refractivity contribution is 7.96. The van der Waals surface area contributed by atoms with E-state index < -0.39 is 40.1 Å². The first-order chi connectivity index (χ1) is 23.0. The Labute approximate surface area is 282 Å². The minimum absolute atomic E-state index is 0.396. The minimum atomic E-state index is -4.11. The van der Waals surface area contributed by atoms with E-state index in [2.05, 4.69) is 4.67 Å². The molecule has 7 rings (SSSR count). The van der Waals surface area contributed by atoms with Gasteiger partial charge in [-0.15, -0.1) is 0 Å². The monoisotopic (exact) mass is 693 g/mol. The van der Waals surface area contributed by atoms with E-state index in [0.29, 0.717) is 21.8 Å². The van der Waals surface area contributed by atoms with Crippen LogP contribution in [0.15, 0.2) is 133 Å². The lowest BCUT2D eigenvalue weighted by molar-refractivity contribution is 0.593. The van der Waals surface area contributed by atoms with Crippen molar-refractivity contribution in [1.29, 1.82) is 0 Å². The fourth-order valence-corrected chi connectivity index (χ4v) is 13.2.